The number of hydrogen-bond donors (Lipinski definition) is 1. The standard InChI is InChI=1S/C20H20FN5O2/c21-16-5-3-14(4-6-16)19-24-25-20(28-19)15-7-10-26(11-8-15)13-18(27)23-17-2-1-9-22-12-17/h1-6,9,12,15H,7-8,10-11,13H2,(H,23,27). The van der Waals surface area contributed by atoms with Crippen LogP contribution in [0.5, 0.6) is 0 Å². The van der Waals surface area contributed by atoms with Gasteiger partial charge < -0.3 is 9.73 Å². The Morgan fingerprint density at radius 2 is 1.96 bits per heavy atom. The summed E-state index contributed by atoms with van der Waals surface area (Å²) in [6.45, 7) is 1.89. The van der Waals surface area contributed by atoms with Crippen molar-refractivity contribution >= 4 is 11.6 Å². The number of likely N-dealkylation sites (tertiary alicyclic amines) is 1. The molecule has 0 radical (unpaired) electrons. The van der Waals surface area contributed by atoms with E-state index < -0.39 is 0 Å². The van der Waals surface area contributed by atoms with Crippen molar-refractivity contribution in [1.29, 1.82) is 0 Å². The van der Waals surface area contributed by atoms with Gasteiger partial charge in [0.05, 0.1) is 18.4 Å². The number of hydrogen-bond acceptors (Lipinski definition) is 6. The lowest BCUT2D eigenvalue weighted by Crippen LogP contribution is -2.38. The summed E-state index contributed by atoms with van der Waals surface area (Å²) in [6.07, 6.45) is 4.97. The smallest absolute Gasteiger partial charge is 0.247 e. The van der Waals surface area contributed by atoms with Gasteiger partial charge in [0.2, 0.25) is 17.7 Å². The van der Waals surface area contributed by atoms with E-state index in [0.717, 1.165) is 25.9 Å². The van der Waals surface area contributed by atoms with Gasteiger partial charge in [-0.3, -0.25) is 14.7 Å². The van der Waals surface area contributed by atoms with Crippen molar-refractivity contribution in [3.63, 3.8) is 0 Å². The van der Waals surface area contributed by atoms with Crippen LogP contribution in [0, 0.1) is 5.82 Å². The van der Waals surface area contributed by atoms with E-state index in [2.05, 4.69) is 25.4 Å². The van der Waals surface area contributed by atoms with Crippen LogP contribution in [0.25, 0.3) is 11.5 Å². The first-order chi connectivity index (χ1) is 13.7. The van der Waals surface area contributed by atoms with Gasteiger partial charge in [0.15, 0.2) is 0 Å². The van der Waals surface area contributed by atoms with Crippen LogP contribution in [0.3, 0.4) is 0 Å². The van der Waals surface area contributed by atoms with Crippen LogP contribution >= 0.6 is 0 Å². The number of amides is 1. The molecule has 1 amide bonds. The number of carbonyl (C=O) groups excluding carboxylic acids is 1. The van der Waals surface area contributed by atoms with Crippen LogP contribution in [0.4, 0.5) is 10.1 Å². The maximum absolute atomic E-state index is 13.0. The number of halogens is 1. The lowest BCUT2D eigenvalue weighted by molar-refractivity contribution is -0.117. The largest absolute Gasteiger partial charge is 0.420 e. The Hall–Kier alpha value is -3.13. The van der Waals surface area contributed by atoms with Gasteiger partial charge in [-0.15, -0.1) is 10.2 Å². The molecule has 0 spiro atoms. The van der Waals surface area contributed by atoms with Crippen LogP contribution in [0.1, 0.15) is 24.7 Å². The molecular formula is C20H20FN5O2. The molecule has 8 heteroatoms. The van der Waals surface area contributed by atoms with Crippen LogP contribution in [0.2, 0.25) is 0 Å². The highest BCUT2D eigenvalue weighted by molar-refractivity contribution is 5.92. The van der Waals surface area contributed by atoms with Crippen molar-refractivity contribution in [1.82, 2.24) is 20.1 Å². The van der Waals surface area contributed by atoms with Crippen molar-refractivity contribution in [2.75, 3.05) is 25.0 Å². The third-order valence-corrected chi connectivity index (χ3v) is 4.78. The fourth-order valence-electron chi connectivity index (χ4n) is 3.29. The maximum atomic E-state index is 13.0. The predicted octanol–water partition coefficient (Wildman–Crippen LogP) is 3.09. The summed E-state index contributed by atoms with van der Waals surface area (Å²) >= 11 is 0. The lowest BCUT2D eigenvalue weighted by Gasteiger charge is -2.29. The van der Waals surface area contributed by atoms with E-state index in [1.807, 2.05) is 6.07 Å². The molecule has 1 aliphatic rings. The Morgan fingerprint density at radius 1 is 1.18 bits per heavy atom. The molecule has 1 aromatic carbocycles. The van der Waals surface area contributed by atoms with E-state index in [4.69, 9.17) is 4.42 Å². The quantitative estimate of drug-likeness (QED) is 0.731. The molecule has 0 saturated carbocycles. The molecule has 28 heavy (non-hydrogen) atoms. The first kappa shape index (κ1) is 18.2. The van der Waals surface area contributed by atoms with Crippen molar-refractivity contribution in [2.45, 2.75) is 18.8 Å². The number of nitrogens with one attached hydrogen (secondary N) is 1. The second kappa shape index (κ2) is 8.26. The second-order valence-corrected chi connectivity index (χ2v) is 6.79. The third-order valence-electron chi connectivity index (χ3n) is 4.78. The van der Waals surface area contributed by atoms with E-state index >= 15 is 0 Å². The molecule has 0 unspecified atom stereocenters. The lowest BCUT2D eigenvalue weighted by atomic mass is 9.97. The highest BCUT2D eigenvalue weighted by Crippen LogP contribution is 2.29. The van der Waals surface area contributed by atoms with Gasteiger partial charge in [0.1, 0.15) is 5.82 Å². The Morgan fingerprint density at radius 3 is 2.68 bits per heavy atom. The molecule has 1 fully saturated rings. The summed E-state index contributed by atoms with van der Waals surface area (Å²) in [7, 11) is 0. The topological polar surface area (TPSA) is 84.2 Å². The Labute approximate surface area is 161 Å². The highest BCUT2D eigenvalue weighted by Gasteiger charge is 2.26. The second-order valence-electron chi connectivity index (χ2n) is 6.79. The normalized spacial score (nSPS) is 15.5. The Bertz CT molecular complexity index is 921. The van der Waals surface area contributed by atoms with Crippen molar-refractivity contribution in [2.24, 2.45) is 0 Å². The van der Waals surface area contributed by atoms with Gasteiger partial charge in [0, 0.05) is 17.7 Å². The summed E-state index contributed by atoms with van der Waals surface area (Å²) in [5.74, 6) is 0.803. The number of benzene rings is 1. The van der Waals surface area contributed by atoms with Crippen LogP contribution in [0.15, 0.2) is 53.2 Å². The number of aromatic nitrogens is 3. The zero-order chi connectivity index (χ0) is 19.3. The summed E-state index contributed by atoms with van der Waals surface area (Å²) in [6, 6.07) is 9.58. The molecule has 2 aromatic heterocycles. The molecule has 0 atom stereocenters. The first-order valence-corrected chi connectivity index (χ1v) is 9.19. The number of anilines is 1. The van der Waals surface area contributed by atoms with Crippen LogP contribution < -0.4 is 5.32 Å². The van der Waals surface area contributed by atoms with Gasteiger partial charge in [-0.2, -0.15) is 0 Å². The number of carbonyl (C=O) groups is 1. The fourth-order valence-corrected chi connectivity index (χ4v) is 3.29. The predicted molar refractivity (Wildman–Crippen MR) is 101 cm³/mol. The molecule has 1 N–H and O–H groups in total. The van der Waals surface area contributed by atoms with E-state index in [1.54, 1.807) is 30.6 Å². The number of piperidine rings is 1. The molecule has 0 aliphatic carbocycles. The molecule has 3 heterocycles. The van der Waals surface area contributed by atoms with Gasteiger partial charge in [0.25, 0.3) is 0 Å². The molecule has 4 rings (SSSR count). The average Bonchev–Trinajstić information content (AvgIpc) is 3.20. The van der Waals surface area contributed by atoms with Gasteiger partial charge in [-0.25, -0.2) is 4.39 Å². The monoisotopic (exact) mass is 381 g/mol. The van der Waals surface area contributed by atoms with Gasteiger partial charge >= 0.3 is 0 Å². The van der Waals surface area contributed by atoms with Crippen molar-refractivity contribution in [3.05, 3.63) is 60.5 Å². The fraction of sp³-hybridized carbons (Fsp3) is 0.300. The van der Waals surface area contributed by atoms with Crippen molar-refractivity contribution < 1.29 is 13.6 Å². The number of pyridine rings is 1. The summed E-state index contributed by atoms with van der Waals surface area (Å²) in [5.41, 5.74) is 1.39. The zero-order valence-electron chi connectivity index (χ0n) is 15.2. The minimum atomic E-state index is -0.302. The Balaban J connectivity index is 1.29. The van der Waals surface area contributed by atoms with Gasteiger partial charge in [-0.05, 0) is 62.3 Å². The molecule has 1 saturated heterocycles. The van der Waals surface area contributed by atoms with E-state index in [0.29, 0.717) is 29.6 Å². The zero-order valence-corrected chi connectivity index (χ0v) is 15.2. The molecule has 0 bridgehead atoms. The van der Waals surface area contributed by atoms with Crippen molar-refractivity contribution in [3.8, 4) is 11.5 Å². The molecule has 7 nitrogen and oxygen atoms in total. The van der Waals surface area contributed by atoms with Gasteiger partial charge in [-0.1, -0.05) is 0 Å². The number of nitrogens with zero attached hydrogens (tertiary/aromatic N) is 4. The van der Waals surface area contributed by atoms with E-state index in [-0.39, 0.29) is 17.6 Å². The summed E-state index contributed by atoms with van der Waals surface area (Å²) in [4.78, 5) is 18.3. The minimum Gasteiger partial charge on any atom is -0.420 e. The number of rotatable bonds is 5. The molecule has 144 valence electrons. The Kier molecular flexibility index (Phi) is 5.38. The average molecular weight is 381 g/mol. The van der Waals surface area contributed by atoms with Crippen LogP contribution in [-0.2, 0) is 4.79 Å². The van der Waals surface area contributed by atoms with E-state index in [9.17, 15) is 9.18 Å². The summed E-state index contributed by atoms with van der Waals surface area (Å²) < 4.78 is 18.8. The van der Waals surface area contributed by atoms with E-state index in [1.165, 1.54) is 12.1 Å². The maximum Gasteiger partial charge on any atom is 0.247 e. The molecule has 1 aliphatic heterocycles. The first-order valence-electron chi connectivity index (χ1n) is 9.19. The SMILES string of the molecule is O=C(CN1CCC(c2nnc(-c3ccc(F)cc3)o2)CC1)Nc1cccnc1. The minimum absolute atomic E-state index is 0.0529. The molecular weight excluding hydrogens is 361 g/mol. The summed E-state index contributed by atoms with van der Waals surface area (Å²) in [5, 5.41) is 11.1. The third kappa shape index (κ3) is 4.40. The van der Waals surface area contributed by atoms with Crippen LogP contribution in [-0.4, -0.2) is 45.6 Å². The molecule has 3 aromatic rings. The highest BCUT2D eigenvalue weighted by atomic mass is 19.1.